The van der Waals surface area contributed by atoms with Crippen LogP contribution in [0.2, 0.25) is 5.02 Å². The normalized spacial score (nSPS) is 18.6. The van der Waals surface area contributed by atoms with Gasteiger partial charge in [0.1, 0.15) is 0 Å². The quantitative estimate of drug-likeness (QED) is 0.596. The van der Waals surface area contributed by atoms with Crippen LogP contribution in [0.5, 0.6) is 0 Å². The smallest absolute Gasteiger partial charge is 0.258 e. The first-order chi connectivity index (χ1) is 16.6. The van der Waals surface area contributed by atoms with Gasteiger partial charge in [0.25, 0.3) is 11.8 Å². The van der Waals surface area contributed by atoms with Crippen LogP contribution in [0.15, 0.2) is 42.5 Å². The number of hydrogen-bond donors (Lipinski definition) is 2. The Bertz CT molecular complexity index is 1100. The molecule has 2 saturated heterocycles. The molecule has 2 fully saturated rings. The van der Waals surface area contributed by atoms with E-state index in [-0.39, 0.29) is 25.3 Å². The second-order valence-electron chi connectivity index (χ2n) is 10.2. The molecule has 196 valence electrons. The Kier molecular flexibility index (Phi) is 8.98. The molecule has 2 aliphatic rings. The average Bonchev–Trinajstić information content (AvgIpc) is 2.80. The molecule has 36 heavy (non-hydrogen) atoms. The van der Waals surface area contributed by atoms with Gasteiger partial charge in [-0.15, -0.1) is 0 Å². The highest BCUT2D eigenvalue weighted by molar-refractivity contribution is 7.59. The lowest BCUT2D eigenvalue weighted by Gasteiger charge is -2.48. The van der Waals surface area contributed by atoms with Gasteiger partial charge in [-0.1, -0.05) is 41.4 Å². The Morgan fingerprint density at radius 3 is 2.36 bits per heavy atom. The van der Waals surface area contributed by atoms with E-state index in [4.69, 9.17) is 11.6 Å². The van der Waals surface area contributed by atoms with Gasteiger partial charge in [0, 0.05) is 52.0 Å². The lowest BCUT2D eigenvalue weighted by Crippen LogP contribution is -2.61. The Labute approximate surface area is 225 Å². The Balaban J connectivity index is 0.00000361. The van der Waals surface area contributed by atoms with Gasteiger partial charge in [0.2, 0.25) is 0 Å². The van der Waals surface area contributed by atoms with E-state index in [1.165, 1.54) is 4.90 Å². The second-order valence-corrected chi connectivity index (χ2v) is 10.6. The highest BCUT2D eigenvalue weighted by Crippen LogP contribution is 2.29. The summed E-state index contributed by atoms with van der Waals surface area (Å²) in [7, 11) is 3.42. The van der Waals surface area contributed by atoms with Crippen LogP contribution in [0.25, 0.3) is 0 Å². The van der Waals surface area contributed by atoms with Crippen molar-refractivity contribution < 1.29 is 14.7 Å². The number of aliphatic hydroxyl groups is 1. The minimum atomic E-state index is -1.52. The van der Waals surface area contributed by atoms with Gasteiger partial charge in [-0.25, -0.2) is 0 Å². The van der Waals surface area contributed by atoms with Gasteiger partial charge in [-0.2, -0.15) is 13.5 Å². The molecule has 2 N–H and O–H groups in total. The molecule has 0 aliphatic carbocycles. The molecule has 0 radical (unpaired) electrons. The Morgan fingerprint density at radius 2 is 1.78 bits per heavy atom. The van der Waals surface area contributed by atoms with Crippen molar-refractivity contribution in [1.29, 1.82) is 0 Å². The number of piperidine rings is 1. The van der Waals surface area contributed by atoms with Crippen LogP contribution in [0.4, 0.5) is 5.69 Å². The molecule has 2 aromatic rings. The lowest BCUT2D eigenvalue weighted by molar-refractivity contribution is -0.152. The van der Waals surface area contributed by atoms with E-state index in [1.54, 1.807) is 32.0 Å². The zero-order chi connectivity index (χ0) is 25.3. The third-order valence-electron chi connectivity index (χ3n) is 7.15. The summed E-state index contributed by atoms with van der Waals surface area (Å²) in [5.74, 6) is -0.334. The maximum Gasteiger partial charge on any atom is 0.258 e. The molecule has 2 heterocycles. The summed E-state index contributed by atoms with van der Waals surface area (Å²) >= 11 is 6.33. The monoisotopic (exact) mass is 532 g/mol. The summed E-state index contributed by atoms with van der Waals surface area (Å²) < 4.78 is 0. The molecule has 0 spiro atoms. The summed E-state index contributed by atoms with van der Waals surface area (Å²) in [6, 6.07) is 13.7. The van der Waals surface area contributed by atoms with Crippen molar-refractivity contribution >= 4 is 42.6 Å². The zero-order valence-electron chi connectivity index (χ0n) is 21.4. The molecule has 2 aromatic carbocycles. The van der Waals surface area contributed by atoms with Gasteiger partial charge in [0.05, 0.1) is 16.6 Å². The van der Waals surface area contributed by atoms with E-state index >= 15 is 0 Å². The van der Waals surface area contributed by atoms with Crippen molar-refractivity contribution in [2.45, 2.75) is 44.4 Å². The number of amides is 2. The molecule has 2 amide bonds. The summed E-state index contributed by atoms with van der Waals surface area (Å²) in [5.41, 5.74) is 1.56. The summed E-state index contributed by atoms with van der Waals surface area (Å²) in [4.78, 5) is 31.0. The standard InChI is InChI=1S/C27H35ClN4O3.H2S/c1-18-6-5-7-19(14-18)27(2,35)26(34)31-12-10-22(11-13-31)32-16-21(17-32)29-20-8-9-23(24(28)15-20)25(33)30(3)4;/h5-9,14-15,21-22,29,35H,10-13,16-17H2,1-4H3;1H2/t27-;/m0./s1. The van der Waals surface area contributed by atoms with Crippen LogP contribution in [0, 0.1) is 6.92 Å². The van der Waals surface area contributed by atoms with Gasteiger partial charge in [-0.05, 0) is 50.5 Å². The number of nitrogens with zero attached hydrogens (tertiary/aromatic N) is 3. The van der Waals surface area contributed by atoms with Crippen LogP contribution in [-0.2, 0) is 10.4 Å². The first kappa shape index (κ1) is 28.3. The molecule has 1 atom stereocenters. The second kappa shape index (κ2) is 11.4. The number of anilines is 1. The summed E-state index contributed by atoms with van der Waals surface area (Å²) in [6.45, 7) is 6.71. The van der Waals surface area contributed by atoms with Gasteiger partial charge in [0.15, 0.2) is 5.60 Å². The van der Waals surface area contributed by atoms with Gasteiger partial charge in [-0.3, -0.25) is 14.5 Å². The van der Waals surface area contributed by atoms with E-state index in [2.05, 4.69) is 10.2 Å². The molecule has 0 aromatic heterocycles. The number of benzene rings is 2. The molecule has 7 nitrogen and oxygen atoms in total. The fourth-order valence-electron chi connectivity index (χ4n) is 4.97. The van der Waals surface area contributed by atoms with Crippen molar-refractivity contribution in [2.75, 3.05) is 45.6 Å². The Morgan fingerprint density at radius 1 is 1.11 bits per heavy atom. The number of likely N-dealkylation sites (tertiary alicyclic amines) is 2. The molecule has 0 unspecified atom stereocenters. The summed E-state index contributed by atoms with van der Waals surface area (Å²) in [6.07, 6.45) is 1.80. The highest BCUT2D eigenvalue weighted by atomic mass is 35.5. The third kappa shape index (κ3) is 5.99. The van der Waals surface area contributed by atoms with E-state index < -0.39 is 5.60 Å². The lowest BCUT2D eigenvalue weighted by atomic mass is 9.91. The number of rotatable bonds is 6. The predicted molar refractivity (Wildman–Crippen MR) is 149 cm³/mol. The van der Waals surface area contributed by atoms with Crippen LogP contribution in [-0.4, -0.2) is 84.0 Å². The molecular formula is C27H37ClN4O3S. The SMILES string of the molecule is Cc1cccc([C@](C)(O)C(=O)N2CCC(N3CC(Nc4ccc(C(=O)N(C)C)c(Cl)c4)C3)CC2)c1.S. The van der Waals surface area contributed by atoms with Crippen molar-refractivity contribution in [3.05, 3.63) is 64.2 Å². The van der Waals surface area contributed by atoms with Crippen LogP contribution < -0.4 is 5.32 Å². The number of nitrogens with one attached hydrogen (secondary N) is 1. The average molecular weight is 533 g/mol. The van der Waals surface area contributed by atoms with Crippen LogP contribution >= 0.6 is 25.1 Å². The van der Waals surface area contributed by atoms with Gasteiger partial charge < -0.3 is 20.2 Å². The maximum atomic E-state index is 13.1. The molecule has 0 saturated carbocycles. The van der Waals surface area contributed by atoms with E-state index in [9.17, 15) is 14.7 Å². The molecule has 2 aliphatic heterocycles. The van der Waals surface area contributed by atoms with Crippen molar-refractivity contribution in [3.63, 3.8) is 0 Å². The van der Waals surface area contributed by atoms with E-state index in [0.717, 1.165) is 37.2 Å². The maximum absolute atomic E-state index is 13.1. The number of aryl methyl sites for hydroxylation is 1. The number of carbonyl (C=O) groups excluding carboxylic acids is 2. The topological polar surface area (TPSA) is 76.1 Å². The van der Waals surface area contributed by atoms with Gasteiger partial charge >= 0.3 is 0 Å². The van der Waals surface area contributed by atoms with Crippen molar-refractivity contribution in [3.8, 4) is 0 Å². The first-order valence-electron chi connectivity index (χ1n) is 12.2. The fourth-order valence-corrected chi connectivity index (χ4v) is 5.23. The molecular weight excluding hydrogens is 496 g/mol. The number of hydrogen-bond acceptors (Lipinski definition) is 5. The number of halogens is 1. The zero-order valence-corrected chi connectivity index (χ0v) is 23.2. The van der Waals surface area contributed by atoms with Crippen molar-refractivity contribution in [1.82, 2.24) is 14.7 Å². The van der Waals surface area contributed by atoms with Crippen LogP contribution in [0.3, 0.4) is 0 Å². The molecule has 0 bridgehead atoms. The minimum absolute atomic E-state index is 0. The Hall–Kier alpha value is -2.26. The minimum Gasteiger partial charge on any atom is -0.380 e. The van der Waals surface area contributed by atoms with Crippen LogP contribution in [0.1, 0.15) is 41.3 Å². The van der Waals surface area contributed by atoms with Crippen molar-refractivity contribution in [2.24, 2.45) is 0 Å². The first-order valence-corrected chi connectivity index (χ1v) is 12.5. The van der Waals surface area contributed by atoms with E-state index in [0.29, 0.717) is 41.3 Å². The molecule has 9 heteroatoms. The number of carbonyl (C=O) groups is 2. The summed E-state index contributed by atoms with van der Waals surface area (Å²) in [5, 5.41) is 14.9. The highest BCUT2D eigenvalue weighted by Gasteiger charge is 2.40. The largest absolute Gasteiger partial charge is 0.380 e. The fraction of sp³-hybridized carbons (Fsp3) is 0.481. The predicted octanol–water partition coefficient (Wildman–Crippen LogP) is 3.46. The third-order valence-corrected chi connectivity index (χ3v) is 7.46. The molecule has 4 rings (SSSR count). The van der Waals surface area contributed by atoms with E-state index in [1.807, 2.05) is 43.3 Å².